The molecule has 1 aromatic heterocycles. The third kappa shape index (κ3) is 2.61. The van der Waals surface area contributed by atoms with Crippen molar-refractivity contribution in [2.24, 2.45) is 0 Å². The molecule has 0 bridgehead atoms. The molecule has 2 N–H and O–H groups in total. The number of benzene rings is 1. The van der Waals surface area contributed by atoms with E-state index in [1.165, 1.54) is 16.8 Å². The van der Waals surface area contributed by atoms with Gasteiger partial charge in [0.1, 0.15) is 0 Å². The Balaban J connectivity index is 2.39. The SMILES string of the molecule is Nc1nn(-c2ccc(S(=O)(=O)C(F)F)cc2)cc1Br. The zero-order chi connectivity index (χ0) is 14.2. The van der Waals surface area contributed by atoms with Gasteiger partial charge < -0.3 is 5.73 Å². The molecule has 2 aromatic rings. The first-order valence-electron chi connectivity index (χ1n) is 4.95. The van der Waals surface area contributed by atoms with E-state index in [9.17, 15) is 17.2 Å². The minimum absolute atomic E-state index is 0.268. The molecule has 19 heavy (non-hydrogen) atoms. The first-order valence-corrected chi connectivity index (χ1v) is 7.29. The van der Waals surface area contributed by atoms with Crippen LogP contribution in [0.5, 0.6) is 0 Å². The van der Waals surface area contributed by atoms with Gasteiger partial charge in [0.25, 0.3) is 0 Å². The van der Waals surface area contributed by atoms with E-state index in [-0.39, 0.29) is 5.82 Å². The summed E-state index contributed by atoms with van der Waals surface area (Å²) in [5.41, 5.74) is 6.05. The van der Waals surface area contributed by atoms with Gasteiger partial charge in [0.15, 0.2) is 5.82 Å². The van der Waals surface area contributed by atoms with Crippen LogP contribution in [0.15, 0.2) is 39.8 Å². The number of hydrogen-bond donors (Lipinski definition) is 1. The van der Waals surface area contributed by atoms with Crippen LogP contribution < -0.4 is 5.73 Å². The number of aromatic nitrogens is 2. The average molecular weight is 352 g/mol. The van der Waals surface area contributed by atoms with Gasteiger partial charge in [0, 0.05) is 6.20 Å². The zero-order valence-electron chi connectivity index (χ0n) is 9.29. The van der Waals surface area contributed by atoms with Crippen molar-refractivity contribution in [3.63, 3.8) is 0 Å². The number of nitrogens with two attached hydrogens (primary N) is 1. The molecule has 1 heterocycles. The standard InChI is InChI=1S/C10H8BrF2N3O2S/c11-8-5-16(15-9(8)14)6-1-3-7(4-2-6)19(17,18)10(12)13/h1-5,10H,(H2,14,15). The van der Waals surface area contributed by atoms with Crippen molar-refractivity contribution in [2.75, 3.05) is 5.73 Å². The third-order valence-corrected chi connectivity index (χ3v) is 4.37. The molecular formula is C10H8BrF2N3O2S. The van der Waals surface area contributed by atoms with Crippen molar-refractivity contribution < 1.29 is 17.2 Å². The fraction of sp³-hybridized carbons (Fsp3) is 0.100. The quantitative estimate of drug-likeness (QED) is 0.919. The number of nitrogens with zero attached hydrogens (tertiary/aromatic N) is 2. The maximum Gasteiger partial charge on any atom is 0.341 e. The number of rotatable bonds is 3. The fourth-order valence-electron chi connectivity index (χ4n) is 1.39. The first-order chi connectivity index (χ1) is 8.82. The first kappa shape index (κ1) is 13.9. The number of hydrogen-bond acceptors (Lipinski definition) is 4. The molecule has 9 heteroatoms. The van der Waals surface area contributed by atoms with E-state index in [1.54, 1.807) is 6.20 Å². The van der Waals surface area contributed by atoms with E-state index in [0.29, 0.717) is 10.2 Å². The molecule has 0 saturated heterocycles. The van der Waals surface area contributed by atoms with Gasteiger partial charge in [-0.15, -0.1) is 5.10 Å². The normalized spacial score (nSPS) is 12.0. The molecule has 0 saturated carbocycles. The summed E-state index contributed by atoms with van der Waals surface area (Å²) in [5, 5.41) is 3.96. The maximum atomic E-state index is 12.3. The summed E-state index contributed by atoms with van der Waals surface area (Å²) < 4.78 is 49.2. The lowest BCUT2D eigenvalue weighted by Crippen LogP contribution is -2.11. The molecule has 0 spiro atoms. The number of nitrogen functional groups attached to an aromatic ring is 1. The van der Waals surface area contributed by atoms with E-state index < -0.39 is 20.5 Å². The van der Waals surface area contributed by atoms with Gasteiger partial charge in [-0.25, -0.2) is 13.1 Å². The van der Waals surface area contributed by atoms with Crippen molar-refractivity contribution in [3.8, 4) is 5.69 Å². The van der Waals surface area contributed by atoms with Gasteiger partial charge in [-0.05, 0) is 40.2 Å². The Kier molecular flexibility index (Phi) is 3.59. The lowest BCUT2D eigenvalue weighted by atomic mass is 10.3. The maximum absolute atomic E-state index is 12.3. The van der Waals surface area contributed by atoms with Gasteiger partial charge >= 0.3 is 5.76 Å². The molecule has 5 nitrogen and oxygen atoms in total. The summed E-state index contributed by atoms with van der Waals surface area (Å²) in [6.07, 6.45) is 1.58. The predicted molar refractivity (Wildman–Crippen MR) is 68.9 cm³/mol. The minimum atomic E-state index is -4.58. The van der Waals surface area contributed by atoms with E-state index in [1.807, 2.05) is 0 Å². The van der Waals surface area contributed by atoms with Crippen LogP contribution in [0.4, 0.5) is 14.6 Å². The van der Waals surface area contributed by atoms with E-state index in [0.717, 1.165) is 12.1 Å². The summed E-state index contributed by atoms with van der Waals surface area (Å²) >= 11 is 3.18. The highest BCUT2D eigenvalue weighted by atomic mass is 79.9. The van der Waals surface area contributed by atoms with E-state index >= 15 is 0 Å². The zero-order valence-corrected chi connectivity index (χ0v) is 11.7. The Labute approximate surface area is 116 Å². The molecule has 0 aliphatic rings. The Bertz CT molecular complexity index is 679. The van der Waals surface area contributed by atoms with E-state index in [2.05, 4.69) is 21.0 Å². The van der Waals surface area contributed by atoms with Gasteiger partial charge in [0.05, 0.1) is 15.1 Å². The van der Waals surface area contributed by atoms with Crippen molar-refractivity contribution in [2.45, 2.75) is 10.7 Å². The van der Waals surface area contributed by atoms with E-state index in [4.69, 9.17) is 5.73 Å². The Morgan fingerprint density at radius 1 is 1.26 bits per heavy atom. The molecular weight excluding hydrogens is 344 g/mol. The van der Waals surface area contributed by atoms with Crippen LogP contribution in [0, 0.1) is 0 Å². The van der Waals surface area contributed by atoms with Crippen LogP contribution >= 0.6 is 15.9 Å². The topological polar surface area (TPSA) is 78.0 Å². The smallest absolute Gasteiger partial charge is 0.341 e. The lowest BCUT2D eigenvalue weighted by molar-refractivity contribution is 0.234. The summed E-state index contributed by atoms with van der Waals surface area (Å²) in [6.45, 7) is 0. The molecule has 0 amide bonds. The largest absolute Gasteiger partial charge is 0.381 e. The van der Waals surface area contributed by atoms with Crippen LogP contribution in [-0.2, 0) is 9.84 Å². The molecule has 102 valence electrons. The Hall–Kier alpha value is -1.48. The molecule has 0 aliphatic heterocycles. The Morgan fingerprint density at radius 3 is 2.26 bits per heavy atom. The van der Waals surface area contributed by atoms with Crippen LogP contribution in [0.1, 0.15) is 0 Å². The number of sulfone groups is 1. The predicted octanol–water partition coefficient (Wildman–Crippen LogP) is 2.21. The fourth-order valence-corrected chi connectivity index (χ4v) is 2.38. The highest BCUT2D eigenvalue weighted by Crippen LogP contribution is 2.22. The van der Waals surface area contributed by atoms with Crippen LogP contribution in [0.25, 0.3) is 5.69 Å². The minimum Gasteiger partial charge on any atom is -0.381 e. The molecule has 2 rings (SSSR count). The van der Waals surface area contributed by atoms with Crippen LogP contribution in [-0.4, -0.2) is 24.0 Å². The number of halogens is 3. The summed E-state index contributed by atoms with van der Waals surface area (Å²) in [4.78, 5) is -0.439. The second-order valence-electron chi connectivity index (χ2n) is 3.61. The number of alkyl halides is 2. The van der Waals surface area contributed by atoms with Gasteiger partial charge in [-0.2, -0.15) is 8.78 Å². The molecule has 1 aromatic carbocycles. The van der Waals surface area contributed by atoms with Crippen molar-refractivity contribution in [3.05, 3.63) is 34.9 Å². The average Bonchev–Trinajstić information content (AvgIpc) is 2.69. The molecule has 0 radical (unpaired) electrons. The van der Waals surface area contributed by atoms with Crippen molar-refractivity contribution in [1.82, 2.24) is 9.78 Å². The molecule has 0 unspecified atom stereocenters. The summed E-state index contributed by atoms with van der Waals surface area (Å²) in [6, 6.07) is 4.94. The second kappa shape index (κ2) is 4.89. The van der Waals surface area contributed by atoms with Gasteiger partial charge in [0.2, 0.25) is 9.84 Å². The lowest BCUT2D eigenvalue weighted by Gasteiger charge is -2.05. The highest BCUT2D eigenvalue weighted by molar-refractivity contribution is 9.10. The Morgan fingerprint density at radius 2 is 1.84 bits per heavy atom. The summed E-state index contributed by atoms with van der Waals surface area (Å²) in [5.74, 6) is -3.17. The monoisotopic (exact) mass is 351 g/mol. The second-order valence-corrected chi connectivity index (χ2v) is 6.38. The molecule has 0 atom stereocenters. The van der Waals surface area contributed by atoms with Crippen LogP contribution in [0.3, 0.4) is 0 Å². The van der Waals surface area contributed by atoms with Crippen LogP contribution in [0.2, 0.25) is 0 Å². The van der Waals surface area contributed by atoms with Gasteiger partial charge in [-0.1, -0.05) is 0 Å². The van der Waals surface area contributed by atoms with Crippen molar-refractivity contribution in [1.29, 1.82) is 0 Å². The number of anilines is 1. The third-order valence-electron chi connectivity index (χ3n) is 2.36. The van der Waals surface area contributed by atoms with Gasteiger partial charge in [-0.3, -0.25) is 0 Å². The molecule has 0 aliphatic carbocycles. The van der Waals surface area contributed by atoms with Crippen molar-refractivity contribution >= 4 is 31.6 Å². The highest BCUT2D eigenvalue weighted by Gasteiger charge is 2.26. The molecule has 0 fully saturated rings. The summed E-state index contributed by atoms with van der Waals surface area (Å²) in [7, 11) is -4.58.